The molecule has 0 bridgehead atoms. The van der Waals surface area contributed by atoms with Gasteiger partial charge in [0.25, 0.3) is 5.91 Å². The minimum atomic E-state index is -0.0783. The minimum absolute atomic E-state index is 0.0142. The van der Waals surface area contributed by atoms with Crippen molar-refractivity contribution in [2.24, 2.45) is 5.92 Å². The van der Waals surface area contributed by atoms with Gasteiger partial charge >= 0.3 is 0 Å². The van der Waals surface area contributed by atoms with E-state index in [9.17, 15) is 4.79 Å². The first-order valence-electron chi connectivity index (χ1n) is 10.4. The monoisotopic (exact) mass is 373 g/mol. The van der Waals surface area contributed by atoms with Crippen LogP contribution in [0.4, 0.5) is 0 Å². The van der Waals surface area contributed by atoms with E-state index in [0.717, 1.165) is 71.4 Å². The molecule has 27 heavy (non-hydrogen) atoms. The van der Waals surface area contributed by atoms with E-state index >= 15 is 0 Å². The lowest BCUT2D eigenvalue weighted by molar-refractivity contribution is -0.132. The number of carbonyl (C=O) groups is 1. The third kappa shape index (κ3) is 4.68. The summed E-state index contributed by atoms with van der Waals surface area (Å²) < 4.78 is 11.8. The highest BCUT2D eigenvalue weighted by Gasteiger charge is 2.41. The Morgan fingerprint density at radius 2 is 2.00 bits per heavy atom. The smallest absolute Gasteiger partial charge is 0.269 e. The molecule has 0 aromatic carbocycles. The maximum Gasteiger partial charge on any atom is 0.269 e. The fourth-order valence-electron chi connectivity index (χ4n) is 4.82. The van der Waals surface area contributed by atoms with E-state index in [2.05, 4.69) is 15.2 Å². The number of aromatic nitrogens is 1. The van der Waals surface area contributed by atoms with Crippen LogP contribution in [-0.4, -0.2) is 66.9 Å². The molecule has 0 aliphatic carbocycles. The van der Waals surface area contributed by atoms with Gasteiger partial charge in [0.05, 0.1) is 5.60 Å². The first kappa shape index (κ1) is 18.8. The van der Waals surface area contributed by atoms with Crippen molar-refractivity contribution in [2.75, 3.05) is 39.5 Å². The van der Waals surface area contributed by atoms with Gasteiger partial charge in [0.2, 0.25) is 0 Å². The van der Waals surface area contributed by atoms with E-state index in [1.165, 1.54) is 0 Å². The van der Waals surface area contributed by atoms with E-state index in [0.29, 0.717) is 24.2 Å². The molecule has 1 unspecified atom stereocenters. The van der Waals surface area contributed by atoms with E-state index in [1.54, 1.807) is 12.3 Å². The van der Waals surface area contributed by atoms with Gasteiger partial charge in [-0.1, -0.05) is 6.07 Å². The van der Waals surface area contributed by atoms with E-state index < -0.39 is 0 Å². The third-order valence-electron chi connectivity index (χ3n) is 6.46. The number of pyridine rings is 1. The Kier molecular flexibility index (Phi) is 6.05. The number of ether oxygens (including phenoxy) is 2. The summed E-state index contributed by atoms with van der Waals surface area (Å²) in [6.45, 7) is 5.57. The summed E-state index contributed by atoms with van der Waals surface area (Å²) >= 11 is 0. The SMILES string of the molecule is O=C(NCC1CCOC2(CCN(C3CCOCC3)CC2)C1)c1ccccn1. The normalized spacial score (nSPS) is 26.7. The first-order chi connectivity index (χ1) is 13.2. The van der Waals surface area contributed by atoms with Crippen LogP contribution < -0.4 is 5.32 Å². The van der Waals surface area contributed by atoms with Crippen molar-refractivity contribution in [1.29, 1.82) is 0 Å². The molecular weight excluding hydrogens is 342 g/mol. The first-order valence-corrected chi connectivity index (χ1v) is 10.4. The predicted molar refractivity (Wildman–Crippen MR) is 103 cm³/mol. The molecule has 1 atom stereocenters. The molecule has 3 aliphatic heterocycles. The second kappa shape index (κ2) is 8.67. The average Bonchev–Trinajstić information content (AvgIpc) is 2.74. The lowest BCUT2D eigenvalue weighted by Crippen LogP contribution is -2.53. The van der Waals surface area contributed by atoms with Gasteiger partial charge in [-0.25, -0.2) is 0 Å². The van der Waals surface area contributed by atoms with Crippen molar-refractivity contribution in [2.45, 2.75) is 50.2 Å². The van der Waals surface area contributed by atoms with Crippen LogP contribution >= 0.6 is 0 Å². The summed E-state index contributed by atoms with van der Waals surface area (Å²) in [6, 6.07) is 6.11. The van der Waals surface area contributed by atoms with Crippen LogP contribution in [0.5, 0.6) is 0 Å². The summed E-state index contributed by atoms with van der Waals surface area (Å²) in [4.78, 5) is 19.0. The molecule has 6 heteroatoms. The van der Waals surface area contributed by atoms with E-state index in [1.807, 2.05) is 12.1 Å². The van der Waals surface area contributed by atoms with Crippen LogP contribution in [0.3, 0.4) is 0 Å². The molecule has 1 aromatic heterocycles. The second-order valence-corrected chi connectivity index (χ2v) is 8.19. The number of rotatable bonds is 4. The van der Waals surface area contributed by atoms with E-state index in [4.69, 9.17) is 9.47 Å². The van der Waals surface area contributed by atoms with Crippen molar-refractivity contribution >= 4 is 5.91 Å². The van der Waals surface area contributed by atoms with Crippen LogP contribution in [0.25, 0.3) is 0 Å². The summed E-state index contributed by atoms with van der Waals surface area (Å²) in [5.41, 5.74) is 0.504. The molecule has 0 saturated carbocycles. The topological polar surface area (TPSA) is 63.7 Å². The fraction of sp³-hybridized carbons (Fsp3) is 0.714. The Balaban J connectivity index is 1.26. The molecule has 3 saturated heterocycles. The molecule has 4 heterocycles. The highest BCUT2D eigenvalue weighted by atomic mass is 16.5. The molecule has 1 aromatic rings. The second-order valence-electron chi connectivity index (χ2n) is 8.19. The Morgan fingerprint density at radius 3 is 2.74 bits per heavy atom. The molecule has 3 fully saturated rings. The van der Waals surface area contributed by atoms with Crippen LogP contribution in [-0.2, 0) is 9.47 Å². The Bertz CT molecular complexity index is 610. The van der Waals surface area contributed by atoms with Crippen LogP contribution in [0.1, 0.15) is 49.0 Å². The largest absolute Gasteiger partial charge is 0.381 e. The maximum atomic E-state index is 12.3. The summed E-state index contributed by atoms with van der Waals surface area (Å²) in [7, 11) is 0. The van der Waals surface area contributed by atoms with Crippen molar-refractivity contribution in [3.63, 3.8) is 0 Å². The maximum absolute atomic E-state index is 12.3. The molecule has 6 nitrogen and oxygen atoms in total. The summed E-state index contributed by atoms with van der Waals surface area (Å²) in [5, 5.41) is 3.07. The zero-order valence-electron chi connectivity index (χ0n) is 16.1. The van der Waals surface area contributed by atoms with Crippen LogP contribution in [0.15, 0.2) is 24.4 Å². The molecule has 0 radical (unpaired) electrons. The van der Waals surface area contributed by atoms with Gasteiger partial charge in [0, 0.05) is 51.7 Å². The van der Waals surface area contributed by atoms with Crippen LogP contribution in [0, 0.1) is 5.92 Å². The number of nitrogens with zero attached hydrogens (tertiary/aromatic N) is 2. The molecule has 1 N–H and O–H groups in total. The quantitative estimate of drug-likeness (QED) is 0.877. The average molecular weight is 373 g/mol. The van der Waals surface area contributed by atoms with Gasteiger partial charge in [-0.15, -0.1) is 0 Å². The van der Waals surface area contributed by atoms with Gasteiger partial charge in [0.15, 0.2) is 0 Å². The van der Waals surface area contributed by atoms with Gasteiger partial charge in [-0.2, -0.15) is 0 Å². The Morgan fingerprint density at radius 1 is 1.19 bits per heavy atom. The molecule has 4 rings (SSSR count). The number of piperidine rings is 1. The van der Waals surface area contributed by atoms with Crippen molar-refractivity contribution in [3.05, 3.63) is 30.1 Å². The Hall–Kier alpha value is -1.50. The third-order valence-corrected chi connectivity index (χ3v) is 6.46. The number of hydrogen-bond donors (Lipinski definition) is 1. The van der Waals surface area contributed by atoms with Crippen LogP contribution in [0.2, 0.25) is 0 Å². The number of carbonyl (C=O) groups excluding carboxylic acids is 1. The van der Waals surface area contributed by atoms with E-state index in [-0.39, 0.29) is 11.5 Å². The molecule has 1 amide bonds. The summed E-state index contributed by atoms with van der Waals surface area (Å²) in [6.07, 6.45) is 8.27. The van der Waals surface area contributed by atoms with Crippen molar-refractivity contribution in [3.8, 4) is 0 Å². The predicted octanol–water partition coefficient (Wildman–Crippen LogP) is 2.25. The molecule has 148 valence electrons. The van der Waals surface area contributed by atoms with Gasteiger partial charge in [-0.3, -0.25) is 14.7 Å². The van der Waals surface area contributed by atoms with Gasteiger partial charge < -0.3 is 14.8 Å². The standard InChI is InChI=1S/C21H31N3O3/c25-20(19-3-1-2-9-22-19)23-16-17-4-14-27-21(15-17)7-10-24(11-8-21)18-5-12-26-13-6-18/h1-3,9,17-18H,4-8,10-16H2,(H,23,25). The van der Waals surface area contributed by atoms with Crippen molar-refractivity contribution in [1.82, 2.24) is 15.2 Å². The number of hydrogen-bond acceptors (Lipinski definition) is 5. The molecule has 3 aliphatic rings. The number of likely N-dealkylation sites (tertiary alicyclic amines) is 1. The lowest BCUT2D eigenvalue weighted by Gasteiger charge is -2.48. The van der Waals surface area contributed by atoms with Gasteiger partial charge in [0.1, 0.15) is 5.69 Å². The van der Waals surface area contributed by atoms with Gasteiger partial charge in [-0.05, 0) is 56.6 Å². The lowest BCUT2D eigenvalue weighted by atomic mass is 9.79. The Labute approximate surface area is 161 Å². The zero-order chi connectivity index (χ0) is 18.5. The summed E-state index contributed by atoms with van der Waals surface area (Å²) in [5.74, 6) is 0.409. The highest BCUT2D eigenvalue weighted by molar-refractivity contribution is 5.92. The minimum Gasteiger partial charge on any atom is -0.381 e. The zero-order valence-corrected chi connectivity index (χ0v) is 16.1. The molecule has 1 spiro atoms. The number of nitrogens with one attached hydrogen (secondary N) is 1. The highest BCUT2D eigenvalue weighted by Crippen LogP contribution is 2.38. The number of amides is 1. The fourth-order valence-corrected chi connectivity index (χ4v) is 4.82. The molecular formula is C21H31N3O3. The van der Waals surface area contributed by atoms with Crippen molar-refractivity contribution < 1.29 is 14.3 Å².